The number of nitrogens with one attached hydrogen (secondary N) is 2. The zero-order chi connectivity index (χ0) is 19.9. The summed E-state index contributed by atoms with van der Waals surface area (Å²) in [4.78, 5) is 23.7. The van der Waals surface area contributed by atoms with Crippen LogP contribution in [0.25, 0.3) is 0 Å². The van der Waals surface area contributed by atoms with E-state index in [4.69, 9.17) is 4.74 Å². The SMILES string of the molecule is COC(=O)c1ccc(Nc2ccc(C(=O)Nc3cccc(OC)c3)nn2)cc1. The van der Waals surface area contributed by atoms with Crippen molar-refractivity contribution in [2.24, 2.45) is 0 Å². The van der Waals surface area contributed by atoms with Gasteiger partial charge in [-0.25, -0.2) is 4.79 Å². The van der Waals surface area contributed by atoms with Gasteiger partial charge >= 0.3 is 5.97 Å². The minimum absolute atomic E-state index is 0.175. The smallest absolute Gasteiger partial charge is 0.337 e. The number of carbonyl (C=O) groups is 2. The molecule has 1 heterocycles. The summed E-state index contributed by atoms with van der Waals surface area (Å²) in [5, 5.41) is 13.7. The second kappa shape index (κ2) is 8.63. The van der Waals surface area contributed by atoms with Crippen molar-refractivity contribution in [2.45, 2.75) is 0 Å². The van der Waals surface area contributed by atoms with Gasteiger partial charge in [0.1, 0.15) is 5.75 Å². The van der Waals surface area contributed by atoms with Crippen LogP contribution < -0.4 is 15.4 Å². The van der Waals surface area contributed by atoms with Gasteiger partial charge in [-0.1, -0.05) is 6.07 Å². The molecule has 0 saturated heterocycles. The fraction of sp³-hybridized carbons (Fsp3) is 0.100. The van der Waals surface area contributed by atoms with Crippen LogP contribution in [0.15, 0.2) is 60.7 Å². The van der Waals surface area contributed by atoms with Gasteiger partial charge < -0.3 is 20.1 Å². The van der Waals surface area contributed by atoms with Gasteiger partial charge in [-0.05, 0) is 48.5 Å². The van der Waals surface area contributed by atoms with E-state index in [1.165, 1.54) is 7.11 Å². The third-order valence-electron chi connectivity index (χ3n) is 3.80. The number of benzene rings is 2. The number of aromatic nitrogens is 2. The number of hydrogen-bond acceptors (Lipinski definition) is 7. The highest BCUT2D eigenvalue weighted by atomic mass is 16.5. The molecule has 0 aliphatic rings. The molecule has 2 aromatic carbocycles. The molecule has 0 aliphatic carbocycles. The van der Waals surface area contributed by atoms with E-state index >= 15 is 0 Å². The first-order valence-corrected chi connectivity index (χ1v) is 8.33. The summed E-state index contributed by atoms with van der Waals surface area (Å²) >= 11 is 0. The minimum Gasteiger partial charge on any atom is -0.497 e. The number of rotatable bonds is 6. The van der Waals surface area contributed by atoms with Crippen LogP contribution in [0.2, 0.25) is 0 Å². The highest BCUT2D eigenvalue weighted by Crippen LogP contribution is 2.18. The van der Waals surface area contributed by atoms with Crippen molar-refractivity contribution >= 4 is 29.1 Å². The molecule has 2 N–H and O–H groups in total. The topological polar surface area (TPSA) is 102 Å². The van der Waals surface area contributed by atoms with Crippen LogP contribution in [-0.2, 0) is 4.74 Å². The molecular formula is C20H18N4O4. The Bertz CT molecular complexity index is 972. The number of anilines is 3. The van der Waals surface area contributed by atoms with Crippen molar-refractivity contribution < 1.29 is 19.1 Å². The van der Waals surface area contributed by atoms with Crippen molar-refractivity contribution in [3.05, 3.63) is 71.9 Å². The molecule has 0 atom stereocenters. The number of hydrogen-bond donors (Lipinski definition) is 2. The fourth-order valence-electron chi connectivity index (χ4n) is 2.37. The van der Waals surface area contributed by atoms with Crippen molar-refractivity contribution in [3.63, 3.8) is 0 Å². The van der Waals surface area contributed by atoms with Crippen molar-refractivity contribution in [1.82, 2.24) is 10.2 Å². The molecule has 0 aliphatic heterocycles. The number of ether oxygens (including phenoxy) is 2. The highest BCUT2D eigenvalue weighted by molar-refractivity contribution is 6.02. The van der Waals surface area contributed by atoms with Crippen LogP contribution >= 0.6 is 0 Å². The van der Waals surface area contributed by atoms with Gasteiger partial charge in [0.25, 0.3) is 5.91 Å². The van der Waals surface area contributed by atoms with E-state index in [0.29, 0.717) is 22.8 Å². The maximum atomic E-state index is 12.3. The van der Waals surface area contributed by atoms with Crippen LogP contribution in [0.3, 0.4) is 0 Å². The Morgan fingerprint density at radius 3 is 2.32 bits per heavy atom. The maximum absolute atomic E-state index is 12.3. The Labute approximate surface area is 161 Å². The number of nitrogens with zero attached hydrogens (tertiary/aromatic N) is 2. The second-order valence-corrected chi connectivity index (χ2v) is 5.68. The van der Waals surface area contributed by atoms with E-state index in [-0.39, 0.29) is 11.6 Å². The summed E-state index contributed by atoms with van der Waals surface area (Å²) in [5.74, 6) is 0.317. The lowest BCUT2D eigenvalue weighted by atomic mass is 10.2. The quantitative estimate of drug-likeness (QED) is 0.635. The number of amides is 1. The molecule has 0 fully saturated rings. The Balaban J connectivity index is 1.64. The van der Waals surface area contributed by atoms with Crippen molar-refractivity contribution in [3.8, 4) is 5.75 Å². The fourth-order valence-corrected chi connectivity index (χ4v) is 2.37. The summed E-state index contributed by atoms with van der Waals surface area (Å²) in [6.45, 7) is 0. The van der Waals surface area contributed by atoms with Gasteiger partial charge in [-0.3, -0.25) is 4.79 Å². The second-order valence-electron chi connectivity index (χ2n) is 5.68. The molecule has 8 nitrogen and oxygen atoms in total. The zero-order valence-corrected chi connectivity index (χ0v) is 15.3. The summed E-state index contributed by atoms with van der Waals surface area (Å²) in [5.41, 5.74) is 1.94. The summed E-state index contributed by atoms with van der Waals surface area (Å²) in [7, 11) is 2.89. The van der Waals surface area contributed by atoms with Crippen LogP contribution in [-0.4, -0.2) is 36.3 Å². The largest absolute Gasteiger partial charge is 0.497 e. The molecule has 0 saturated carbocycles. The molecule has 3 aromatic rings. The van der Waals surface area contributed by atoms with Gasteiger partial charge in [0, 0.05) is 17.4 Å². The number of carbonyl (C=O) groups excluding carboxylic acids is 2. The number of methoxy groups -OCH3 is 2. The van der Waals surface area contributed by atoms with E-state index in [2.05, 4.69) is 25.6 Å². The Morgan fingerprint density at radius 1 is 0.893 bits per heavy atom. The van der Waals surface area contributed by atoms with E-state index in [1.807, 2.05) is 0 Å². The number of esters is 1. The Morgan fingerprint density at radius 2 is 1.68 bits per heavy atom. The molecule has 142 valence electrons. The normalized spacial score (nSPS) is 10.1. The van der Waals surface area contributed by atoms with Crippen LogP contribution in [0, 0.1) is 0 Å². The van der Waals surface area contributed by atoms with Crippen LogP contribution in [0.1, 0.15) is 20.8 Å². The van der Waals surface area contributed by atoms with E-state index in [9.17, 15) is 9.59 Å². The molecule has 0 spiro atoms. The van der Waals surface area contributed by atoms with Gasteiger partial charge in [-0.2, -0.15) is 0 Å². The third-order valence-corrected chi connectivity index (χ3v) is 3.80. The zero-order valence-electron chi connectivity index (χ0n) is 15.3. The monoisotopic (exact) mass is 378 g/mol. The highest BCUT2D eigenvalue weighted by Gasteiger charge is 2.10. The van der Waals surface area contributed by atoms with Gasteiger partial charge in [-0.15, -0.1) is 10.2 Å². The molecule has 0 bridgehead atoms. The van der Waals surface area contributed by atoms with E-state index in [0.717, 1.165) is 5.69 Å². The lowest BCUT2D eigenvalue weighted by Gasteiger charge is -2.08. The van der Waals surface area contributed by atoms with Crippen LogP contribution in [0.4, 0.5) is 17.2 Å². The predicted molar refractivity (Wildman–Crippen MR) is 104 cm³/mol. The van der Waals surface area contributed by atoms with E-state index in [1.54, 1.807) is 67.8 Å². The minimum atomic E-state index is -0.405. The molecule has 1 amide bonds. The molecular weight excluding hydrogens is 360 g/mol. The Hall–Kier alpha value is -3.94. The summed E-state index contributed by atoms with van der Waals surface area (Å²) in [6.07, 6.45) is 0. The first kappa shape index (κ1) is 18.8. The van der Waals surface area contributed by atoms with Gasteiger partial charge in [0.2, 0.25) is 0 Å². The summed E-state index contributed by atoms with van der Waals surface area (Å²) < 4.78 is 9.79. The standard InChI is InChI=1S/C20H18N4O4/c1-27-16-5-3-4-15(12-16)22-19(25)17-10-11-18(24-23-17)21-14-8-6-13(7-9-14)20(26)28-2/h3-12H,1-2H3,(H,21,24)(H,22,25). The first-order chi connectivity index (χ1) is 13.6. The van der Waals surface area contributed by atoms with Crippen molar-refractivity contribution in [2.75, 3.05) is 24.9 Å². The lowest BCUT2D eigenvalue weighted by molar-refractivity contribution is 0.0600. The molecule has 28 heavy (non-hydrogen) atoms. The summed E-state index contributed by atoms with van der Waals surface area (Å²) in [6, 6.07) is 16.9. The van der Waals surface area contributed by atoms with Gasteiger partial charge in [0.15, 0.2) is 11.5 Å². The average molecular weight is 378 g/mol. The first-order valence-electron chi connectivity index (χ1n) is 8.33. The molecule has 0 radical (unpaired) electrons. The third kappa shape index (κ3) is 4.61. The maximum Gasteiger partial charge on any atom is 0.337 e. The van der Waals surface area contributed by atoms with Crippen molar-refractivity contribution in [1.29, 1.82) is 0 Å². The lowest BCUT2D eigenvalue weighted by Crippen LogP contribution is -2.14. The predicted octanol–water partition coefficient (Wildman–Crippen LogP) is 3.27. The van der Waals surface area contributed by atoms with Gasteiger partial charge in [0.05, 0.1) is 19.8 Å². The van der Waals surface area contributed by atoms with E-state index < -0.39 is 5.97 Å². The molecule has 8 heteroatoms. The average Bonchev–Trinajstić information content (AvgIpc) is 2.74. The molecule has 1 aromatic heterocycles. The van der Waals surface area contributed by atoms with Crippen LogP contribution in [0.5, 0.6) is 5.75 Å². The molecule has 3 rings (SSSR count). The molecule has 0 unspecified atom stereocenters. The Kier molecular flexibility index (Phi) is 5.81.